The summed E-state index contributed by atoms with van der Waals surface area (Å²) in [7, 11) is 0. The number of nitrogens with one attached hydrogen (secondary N) is 1. The van der Waals surface area contributed by atoms with E-state index in [4.69, 9.17) is 4.74 Å². The minimum Gasteiger partial charge on any atom is -0.462 e. The van der Waals surface area contributed by atoms with Crippen LogP contribution in [-0.4, -0.2) is 27.3 Å². The first kappa shape index (κ1) is 22.5. The molecule has 0 radical (unpaired) electrons. The van der Waals surface area contributed by atoms with Crippen molar-refractivity contribution in [3.05, 3.63) is 81.2 Å². The van der Waals surface area contributed by atoms with Crippen LogP contribution in [0.5, 0.6) is 0 Å². The number of esters is 1. The minimum atomic E-state index is -0.487. The third-order valence-corrected chi connectivity index (χ3v) is 6.41. The molecular weight excluding hydrogens is 495 g/mol. The van der Waals surface area contributed by atoms with E-state index in [0.717, 1.165) is 16.5 Å². The van der Waals surface area contributed by atoms with Crippen LogP contribution in [0.4, 0.5) is 10.3 Å². The van der Waals surface area contributed by atoms with Gasteiger partial charge in [0.05, 0.1) is 12.2 Å². The van der Waals surface area contributed by atoms with Gasteiger partial charge in [0, 0.05) is 15.9 Å². The van der Waals surface area contributed by atoms with E-state index in [1.807, 2.05) is 38.1 Å². The van der Waals surface area contributed by atoms with Gasteiger partial charge in [-0.2, -0.15) is 4.98 Å². The lowest BCUT2D eigenvalue weighted by Crippen LogP contribution is -2.29. The molecule has 0 bridgehead atoms. The first-order valence-electron chi connectivity index (χ1n) is 10.2. The fourth-order valence-corrected chi connectivity index (χ4v) is 4.52. The predicted octanol–water partition coefficient (Wildman–Crippen LogP) is 5.71. The van der Waals surface area contributed by atoms with E-state index in [-0.39, 0.29) is 11.8 Å². The molecule has 2 heterocycles. The van der Waals surface area contributed by atoms with E-state index in [9.17, 15) is 9.18 Å². The van der Waals surface area contributed by atoms with Crippen molar-refractivity contribution in [3.8, 4) is 0 Å². The van der Waals surface area contributed by atoms with Gasteiger partial charge in [-0.05, 0) is 42.7 Å². The van der Waals surface area contributed by atoms with Crippen LogP contribution in [0.15, 0.2) is 69.4 Å². The van der Waals surface area contributed by atoms with Crippen LogP contribution in [0, 0.1) is 5.82 Å². The van der Waals surface area contributed by atoms with E-state index in [1.165, 1.54) is 17.8 Å². The van der Waals surface area contributed by atoms with Gasteiger partial charge < -0.3 is 10.1 Å². The Labute approximate surface area is 198 Å². The second-order valence-corrected chi connectivity index (χ2v) is 9.15. The van der Waals surface area contributed by atoms with Gasteiger partial charge in [0.15, 0.2) is 0 Å². The average molecular weight is 517 g/mol. The Morgan fingerprint density at radius 1 is 1.25 bits per heavy atom. The summed E-state index contributed by atoms with van der Waals surface area (Å²) >= 11 is 4.80. The quantitative estimate of drug-likeness (QED) is 0.320. The molecule has 1 aliphatic heterocycles. The number of anilines is 1. The molecule has 2 aromatic carbocycles. The Morgan fingerprint density at radius 2 is 2.00 bits per heavy atom. The lowest BCUT2D eigenvalue weighted by Gasteiger charge is -2.28. The minimum absolute atomic E-state index is 0.256. The number of nitrogens with zero attached hydrogens (tertiary/aromatic N) is 3. The SMILES string of the molecule is CCCOC(=O)C1=C(C)Nc2nc(SCc3ccccc3F)nn2C1c1ccc(Br)cc1. The second kappa shape index (κ2) is 9.87. The summed E-state index contributed by atoms with van der Waals surface area (Å²) in [5, 5.41) is 8.33. The van der Waals surface area contributed by atoms with Gasteiger partial charge in [0.2, 0.25) is 11.1 Å². The molecule has 1 atom stereocenters. The van der Waals surface area contributed by atoms with Crippen LogP contribution >= 0.6 is 27.7 Å². The summed E-state index contributed by atoms with van der Waals surface area (Å²) in [5.41, 5.74) is 2.63. The van der Waals surface area contributed by atoms with Crippen molar-refractivity contribution in [1.29, 1.82) is 0 Å². The molecule has 0 amide bonds. The van der Waals surface area contributed by atoms with E-state index in [2.05, 4.69) is 31.3 Å². The fraction of sp³-hybridized carbons (Fsp3) is 0.261. The Bertz CT molecular complexity index is 1160. The number of thioether (sulfide) groups is 1. The van der Waals surface area contributed by atoms with Gasteiger partial charge in [0.1, 0.15) is 11.9 Å². The summed E-state index contributed by atoms with van der Waals surface area (Å²) in [6, 6.07) is 13.9. The third kappa shape index (κ3) is 4.73. The highest BCUT2D eigenvalue weighted by Gasteiger charge is 2.35. The van der Waals surface area contributed by atoms with Crippen molar-refractivity contribution in [3.63, 3.8) is 0 Å². The molecule has 32 heavy (non-hydrogen) atoms. The molecule has 9 heteroatoms. The molecule has 4 rings (SSSR count). The lowest BCUT2D eigenvalue weighted by molar-refractivity contribution is -0.139. The monoisotopic (exact) mass is 516 g/mol. The van der Waals surface area contributed by atoms with E-state index in [0.29, 0.717) is 40.3 Å². The smallest absolute Gasteiger partial charge is 0.338 e. The molecule has 0 spiro atoms. The molecule has 0 saturated carbocycles. The molecule has 0 fully saturated rings. The molecule has 0 saturated heterocycles. The fourth-order valence-electron chi connectivity index (χ4n) is 3.44. The number of benzene rings is 2. The molecule has 3 aromatic rings. The van der Waals surface area contributed by atoms with E-state index >= 15 is 0 Å². The Morgan fingerprint density at radius 3 is 2.72 bits per heavy atom. The molecule has 1 N–H and O–H groups in total. The van der Waals surface area contributed by atoms with Crippen LogP contribution in [0.25, 0.3) is 0 Å². The number of allylic oxidation sites excluding steroid dienone is 1. The number of hydrogen-bond acceptors (Lipinski definition) is 6. The van der Waals surface area contributed by atoms with Crippen molar-refractivity contribution in [2.24, 2.45) is 0 Å². The topological polar surface area (TPSA) is 69.0 Å². The lowest BCUT2D eigenvalue weighted by atomic mass is 9.96. The normalized spacial score (nSPS) is 15.3. The van der Waals surface area contributed by atoms with Crippen LogP contribution in [-0.2, 0) is 15.3 Å². The highest BCUT2D eigenvalue weighted by Crippen LogP contribution is 2.37. The van der Waals surface area contributed by atoms with Gasteiger partial charge in [-0.15, -0.1) is 5.10 Å². The first-order chi connectivity index (χ1) is 15.5. The summed E-state index contributed by atoms with van der Waals surface area (Å²) in [4.78, 5) is 17.5. The molecule has 1 unspecified atom stereocenters. The summed E-state index contributed by atoms with van der Waals surface area (Å²) in [6.45, 7) is 4.13. The van der Waals surface area contributed by atoms with Gasteiger partial charge in [-0.25, -0.2) is 13.9 Å². The Hall–Kier alpha value is -2.65. The van der Waals surface area contributed by atoms with E-state index < -0.39 is 6.04 Å². The molecule has 1 aliphatic rings. The molecule has 6 nitrogen and oxygen atoms in total. The van der Waals surface area contributed by atoms with Crippen molar-refractivity contribution < 1.29 is 13.9 Å². The van der Waals surface area contributed by atoms with Crippen molar-refractivity contribution in [1.82, 2.24) is 14.8 Å². The first-order valence-corrected chi connectivity index (χ1v) is 12.0. The molecule has 0 aliphatic carbocycles. The van der Waals surface area contributed by atoms with Gasteiger partial charge in [0.25, 0.3) is 0 Å². The van der Waals surface area contributed by atoms with E-state index in [1.54, 1.807) is 22.9 Å². The number of carbonyl (C=O) groups excluding carboxylic acids is 1. The number of carbonyl (C=O) groups is 1. The zero-order valence-corrected chi connectivity index (χ0v) is 20.0. The Balaban J connectivity index is 1.68. The van der Waals surface area contributed by atoms with Crippen LogP contribution in [0.1, 0.15) is 37.4 Å². The molecule has 166 valence electrons. The summed E-state index contributed by atoms with van der Waals surface area (Å²) in [6.07, 6.45) is 0.736. The number of fused-ring (bicyclic) bond motifs is 1. The summed E-state index contributed by atoms with van der Waals surface area (Å²) in [5.74, 6) is 0.287. The Kier molecular flexibility index (Phi) is 6.95. The summed E-state index contributed by atoms with van der Waals surface area (Å²) < 4.78 is 22.1. The number of aromatic nitrogens is 3. The average Bonchev–Trinajstić information content (AvgIpc) is 3.19. The maximum absolute atomic E-state index is 14.0. The highest BCUT2D eigenvalue weighted by atomic mass is 79.9. The third-order valence-electron chi connectivity index (χ3n) is 4.99. The predicted molar refractivity (Wildman–Crippen MR) is 126 cm³/mol. The number of halogens is 2. The zero-order valence-electron chi connectivity index (χ0n) is 17.6. The maximum atomic E-state index is 14.0. The number of hydrogen-bond donors (Lipinski definition) is 1. The van der Waals surface area contributed by atoms with Crippen LogP contribution in [0.2, 0.25) is 0 Å². The number of ether oxygens (including phenoxy) is 1. The number of rotatable bonds is 7. The van der Waals surface area contributed by atoms with Crippen LogP contribution in [0.3, 0.4) is 0 Å². The second-order valence-electron chi connectivity index (χ2n) is 7.30. The van der Waals surface area contributed by atoms with Gasteiger partial charge >= 0.3 is 5.97 Å². The van der Waals surface area contributed by atoms with Crippen molar-refractivity contribution in [2.45, 2.75) is 37.2 Å². The van der Waals surface area contributed by atoms with Gasteiger partial charge in [-0.3, -0.25) is 0 Å². The van der Waals surface area contributed by atoms with Gasteiger partial charge in [-0.1, -0.05) is 64.9 Å². The molecule has 1 aromatic heterocycles. The van der Waals surface area contributed by atoms with Crippen LogP contribution < -0.4 is 5.32 Å². The zero-order chi connectivity index (χ0) is 22.7. The highest BCUT2D eigenvalue weighted by molar-refractivity contribution is 9.10. The van der Waals surface area contributed by atoms with Crippen molar-refractivity contribution in [2.75, 3.05) is 11.9 Å². The van der Waals surface area contributed by atoms with Crippen molar-refractivity contribution >= 4 is 39.6 Å². The standard InChI is InChI=1S/C23H22BrFN4O2S/c1-3-12-31-21(30)19-14(2)26-22-27-23(32-13-16-6-4-5-7-18(16)25)28-29(22)20(19)15-8-10-17(24)11-9-15/h4-11,20H,3,12-13H2,1-2H3,(H,26,27,28). The largest absolute Gasteiger partial charge is 0.462 e. The maximum Gasteiger partial charge on any atom is 0.338 e. The molecular formula is C23H22BrFN4O2S.